The van der Waals surface area contributed by atoms with Crippen LogP contribution >= 0.6 is 0 Å². The van der Waals surface area contributed by atoms with Crippen LogP contribution in [0.3, 0.4) is 0 Å². The maximum absolute atomic E-state index is 12.7. The highest BCUT2D eigenvalue weighted by Gasteiger charge is 2.32. The van der Waals surface area contributed by atoms with Crippen LogP contribution in [0.15, 0.2) is 24.3 Å². The number of methoxy groups -OCH3 is 1. The molecule has 1 aliphatic heterocycles. The van der Waals surface area contributed by atoms with E-state index in [-0.39, 0.29) is 23.8 Å². The third kappa shape index (κ3) is 5.88. The number of carbonyl (C=O) groups excluding carboxylic acids is 2. The minimum Gasteiger partial charge on any atom is -0.497 e. The van der Waals surface area contributed by atoms with Crippen LogP contribution in [-0.2, 0) is 4.79 Å². The standard InChI is InChI=1S/C21H30N4O3/c1-4-16-15-25(21(27)23-18-7-5-8-19(14-18)28-3)12-9-17(16)13-20(26)24(2)11-6-10-22/h5,7-8,14,16-17H,4,6,9,11-13,15H2,1-3H3,(H,23,27). The van der Waals surface area contributed by atoms with E-state index >= 15 is 0 Å². The number of nitrogens with zero attached hydrogens (tertiary/aromatic N) is 3. The van der Waals surface area contributed by atoms with E-state index in [2.05, 4.69) is 18.3 Å². The quantitative estimate of drug-likeness (QED) is 0.779. The SMILES string of the molecule is CCC1CN(C(=O)Nc2cccc(OC)c2)CCC1CC(=O)N(C)CCC#N. The molecule has 0 bridgehead atoms. The van der Waals surface area contributed by atoms with Gasteiger partial charge >= 0.3 is 6.03 Å². The second-order valence-electron chi connectivity index (χ2n) is 7.25. The van der Waals surface area contributed by atoms with E-state index in [4.69, 9.17) is 10.00 Å². The molecule has 7 heteroatoms. The lowest BCUT2D eigenvalue weighted by Gasteiger charge is -2.38. The summed E-state index contributed by atoms with van der Waals surface area (Å²) in [5, 5.41) is 11.6. The molecule has 1 aliphatic rings. The minimum absolute atomic E-state index is 0.0768. The summed E-state index contributed by atoms with van der Waals surface area (Å²) in [4.78, 5) is 28.5. The third-order valence-electron chi connectivity index (χ3n) is 5.45. The highest BCUT2D eigenvalue weighted by Crippen LogP contribution is 2.30. The van der Waals surface area contributed by atoms with Gasteiger partial charge in [0.15, 0.2) is 0 Å². The van der Waals surface area contributed by atoms with Gasteiger partial charge in [-0.3, -0.25) is 4.79 Å². The van der Waals surface area contributed by atoms with Gasteiger partial charge in [0.05, 0.1) is 19.6 Å². The Bertz CT molecular complexity index is 716. The smallest absolute Gasteiger partial charge is 0.321 e. The van der Waals surface area contributed by atoms with Crippen molar-refractivity contribution in [2.24, 2.45) is 11.8 Å². The summed E-state index contributed by atoms with van der Waals surface area (Å²) >= 11 is 0. The fourth-order valence-corrected chi connectivity index (χ4v) is 3.62. The molecule has 1 saturated heterocycles. The molecular weight excluding hydrogens is 356 g/mol. The van der Waals surface area contributed by atoms with Gasteiger partial charge in [-0.25, -0.2) is 4.79 Å². The summed E-state index contributed by atoms with van der Waals surface area (Å²) in [5.74, 6) is 1.33. The van der Waals surface area contributed by atoms with Gasteiger partial charge in [-0.15, -0.1) is 0 Å². The van der Waals surface area contributed by atoms with Crippen molar-refractivity contribution in [2.45, 2.75) is 32.6 Å². The van der Waals surface area contributed by atoms with Gasteiger partial charge in [-0.1, -0.05) is 19.4 Å². The number of anilines is 1. The Morgan fingerprint density at radius 2 is 2.18 bits per heavy atom. The Morgan fingerprint density at radius 3 is 2.86 bits per heavy atom. The fraction of sp³-hybridized carbons (Fsp3) is 0.571. The molecule has 0 aromatic heterocycles. The minimum atomic E-state index is -0.123. The number of nitriles is 1. The summed E-state index contributed by atoms with van der Waals surface area (Å²) in [6.45, 7) is 3.84. The number of piperidine rings is 1. The normalized spacial score (nSPS) is 18.9. The maximum Gasteiger partial charge on any atom is 0.321 e. The van der Waals surface area contributed by atoms with Crippen LogP contribution in [0.4, 0.5) is 10.5 Å². The first-order valence-electron chi connectivity index (χ1n) is 9.79. The Morgan fingerprint density at radius 1 is 1.39 bits per heavy atom. The Hall–Kier alpha value is -2.75. The number of hydrogen-bond acceptors (Lipinski definition) is 4. The predicted molar refractivity (Wildman–Crippen MR) is 108 cm³/mol. The Labute approximate surface area is 167 Å². The van der Waals surface area contributed by atoms with Crippen LogP contribution in [0.25, 0.3) is 0 Å². The van der Waals surface area contributed by atoms with E-state index in [0.717, 1.165) is 12.8 Å². The second-order valence-corrected chi connectivity index (χ2v) is 7.25. The van der Waals surface area contributed by atoms with Crippen LogP contribution in [0.1, 0.15) is 32.6 Å². The first-order valence-corrected chi connectivity index (χ1v) is 9.79. The van der Waals surface area contributed by atoms with Crippen molar-refractivity contribution in [3.05, 3.63) is 24.3 Å². The molecule has 2 unspecified atom stereocenters. The number of amides is 3. The molecule has 1 aromatic carbocycles. The average molecular weight is 386 g/mol. The molecule has 7 nitrogen and oxygen atoms in total. The lowest BCUT2D eigenvalue weighted by Crippen LogP contribution is -2.46. The van der Waals surface area contributed by atoms with E-state index in [9.17, 15) is 9.59 Å². The fourth-order valence-electron chi connectivity index (χ4n) is 3.62. The number of likely N-dealkylation sites (tertiary alicyclic amines) is 1. The molecule has 1 aromatic rings. The first-order chi connectivity index (χ1) is 13.5. The van der Waals surface area contributed by atoms with Gasteiger partial charge in [0.2, 0.25) is 5.91 Å². The van der Waals surface area contributed by atoms with Crippen molar-refractivity contribution in [1.29, 1.82) is 5.26 Å². The Kier molecular flexibility index (Phi) is 8.12. The zero-order chi connectivity index (χ0) is 20.5. The molecule has 28 heavy (non-hydrogen) atoms. The van der Waals surface area contributed by atoms with E-state index in [0.29, 0.717) is 43.9 Å². The second kappa shape index (κ2) is 10.5. The van der Waals surface area contributed by atoms with Crippen molar-refractivity contribution in [3.63, 3.8) is 0 Å². The summed E-state index contributed by atoms with van der Waals surface area (Å²) in [5.41, 5.74) is 0.703. The van der Waals surface area contributed by atoms with E-state index in [1.807, 2.05) is 23.1 Å². The number of ether oxygens (including phenoxy) is 1. The average Bonchev–Trinajstić information content (AvgIpc) is 2.72. The number of carbonyl (C=O) groups is 2. The van der Waals surface area contributed by atoms with E-state index in [1.165, 1.54) is 0 Å². The highest BCUT2D eigenvalue weighted by atomic mass is 16.5. The molecule has 0 spiro atoms. The number of urea groups is 1. The molecular formula is C21H30N4O3. The molecule has 0 saturated carbocycles. The first kappa shape index (κ1) is 21.5. The molecule has 1 fully saturated rings. The van der Waals surface area contributed by atoms with Crippen molar-refractivity contribution < 1.29 is 14.3 Å². The van der Waals surface area contributed by atoms with Gasteiger partial charge in [0.25, 0.3) is 0 Å². The summed E-state index contributed by atoms with van der Waals surface area (Å²) in [6.07, 6.45) is 2.55. The summed E-state index contributed by atoms with van der Waals surface area (Å²) < 4.78 is 5.19. The third-order valence-corrected chi connectivity index (χ3v) is 5.45. The molecule has 1 heterocycles. The van der Waals surface area contributed by atoms with E-state index in [1.54, 1.807) is 25.1 Å². The number of nitrogens with one attached hydrogen (secondary N) is 1. The van der Waals surface area contributed by atoms with Crippen molar-refractivity contribution in [1.82, 2.24) is 9.80 Å². The maximum atomic E-state index is 12.7. The Balaban J connectivity index is 1.91. The molecule has 152 valence electrons. The topological polar surface area (TPSA) is 85.7 Å². The van der Waals surface area contributed by atoms with Crippen LogP contribution < -0.4 is 10.1 Å². The van der Waals surface area contributed by atoms with Gasteiger partial charge in [0, 0.05) is 44.9 Å². The van der Waals surface area contributed by atoms with Crippen LogP contribution in [0.2, 0.25) is 0 Å². The zero-order valence-corrected chi connectivity index (χ0v) is 17.0. The van der Waals surface area contributed by atoms with Gasteiger partial charge in [-0.05, 0) is 30.4 Å². The molecule has 2 atom stereocenters. The molecule has 1 N–H and O–H groups in total. The highest BCUT2D eigenvalue weighted by molar-refractivity contribution is 5.89. The van der Waals surface area contributed by atoms with Crippen LogP contribution in [-0.4, -0.2) is 55.5 Å². The van der Waals surface area contributed by atoms with Crippen LogP contribution in [0, 0.1) is 23.2 Å². The zero-order valence-electron chi connectivity index (χ0n) is 17.0. The predicted octanol–water partition coefficient (Wildman–Crippen LogP) is 3.34. The summed E-state index contributed by atoms with van der Waals surface area (Å²) in [6, 6.07) is 9.24. The lowest BCUT2D eigenvalue weighted by molar-refractivity contribution is -0.131. The van der Waals surface area contributed by atoms with Crippen molar-refractivity contribution in [2.75, 3.05) is 39.1 Å². The number of hydrogen-bond donors (Lipinski definition) is 1. The van der Waals surface area contributed by atoms with Gasteiger partial charge in [0.1, 0.15) is 5.75 Å². The number of benzene rings is 1. The number of rotatable bonds is 7. The van der Waals surface area contributed by atoms with E-state index < -0.39 is 0 Å². The monoisotopic (exact) mass is 386 g/mol. The molecule has 3 amide bonds. The van der Waals surface area contributed by atoms with Crippen molar-refractivity contribution in [3.8, 4) is 11.8 Å². The van der Waals surface area contributed by atoms with Crippen molar-refractivity contribution >= 4 is 17.6 Å². The van der Waals surface area contributed by atoms with Gasteiger partial charge in [-0.2, -0.15) is 5.26 Å². The lowest BCUT2D eigenvalue weighted by atomic mass is 9.81. The summed E-state index contributed by atoms with van der Waals surface area (Å²) in [7, 11) is 3.34. The molecule has 0 radical (unpaired) electrons. The largest absolute Gasteiger partial charge is 0.497 e. The van der Waals surface area contributed by atoms with Gasteiger partial charge < -0.3 is 19.9 Å². The molecule has 0 aliphatic carbocycles. The van der Waals surface area contributed by atoms with Crippen LogP contribution in [0.5, 0.6) is 5.75 Å². The molecule has 2 rings (SSSR count).